The zero-order valence-corrected chi connectivity index (χ0v) is 34.7. The second-order valence-corrected chi connectivity index (χ2v) is 17.1. The minimum Gasteiger partial charge on any atom is -0.309 e. The van der Waals surface area contributed by atoms with Crippen LogP contribution < -0.4 is 0 Å². The first-order chi connectivity index (χ1) is 31.2. The Bertz CT molecular complexity index is 3860. The van der Waals surface area contributed by atoms with E-state index in [1.165, 1.54) is 41.8 Å². The predicted molar refractivity (Wildman–Crippen MR) is 263 cm³/mol. The third-order valence-electron chi connectivity index (χ3n) is 12.4. The van der Waals surface area contributed by atoms with Gasteiger partial charge in [-0.3, -0.25) is 9.55 Å². The Labute approximate surface area is 366 Å². The van der Waals surface area contributed by atoms with Gasteiger partial charge in [0, 0.05) is 76.5 Å². The van der Waals surface area contributed by atoms with E-state index in [1.54, 1.807) is 0 Å². The summed E-state index contributed by atoms with van der Waals surface area (Å²) in [5.74, 6) is 0.879. The number of benzene rings is 7. The van der Waals surface area contributed by atoms with E-state index in [9.17, 15) is 0 Å². The van der Waals surface area contributed by atoms with Crippen molar-refractivity contribution in [2.75, 3.05) is 0 Å². The fourth-order valence-corrected chi connectivity index (χ4v) is 10.5. The Morgan fingerprint density at radius 2 is 0.937 bits per heavy atom. The van der Waals surface area contributed by atoms with Crippen LogP contribution in [0, 0.1) is 0 Å². The molecule has 0 N–H and O–H groups in total. The van der Waals surface area contributed by atoms with E-state index in [0.717, 1.165) is 78.3 Å². The molecule has 0 unspecified atom stereocenters. The van der Waals surface area contributed by atoms with Crippen LogP contribution in [-0.4, -0.2) is 24.1 Å². The van der Waals surface area contributed by atoms with E-state index >= 15 is 0 Å². The zero-order chi connectivity index (χ0) is 41.4. The van der Waals surface area contributed by atoms with Crippen molar-refractivity contribution in [1.82, 2.24) is 24.1 Å². The molecule has 7 aromatic carbocycles. The Balaban J connectivity index is 0.920. The number of fused-ring (bicyclic) bond motifs is 9. The number of pyridine rings is 3. The van der Waals surface area contributed by atoms with Crippen molar-refractivity contribution in [2.24, 2.45) is 0 Å². The summed E-state index contributed by atoms with van der Waals surface area (Å²) in [4.78, 5) is 15.1. The molecule has 0 amide bonds. The average Bonchev–Trinajstić information content (AvgIpc) is 4.01. The molecule has 0 saturated heterocycles. The van der Waals surface area contributed by atoms with E-state index in [1.807, 2.05) is 29.8 Å². The molecule has 6 heteroatoms. The topological polar surface area (TPSA) is 48.5 Å². The lowest BCUT2D eigenvalue weighted by molar-refractivity contribution is 1.08. The van der Waals surface area contributed by atoms with Crippen LogP contribution in [-0.2, 0) is 0 Å². The normalized spacial score (nSPS) is 11.8. The standard InChI is InChI=1S/C57H35N5S/c1-3-12-36(13-4-1)40-32-50(37-14-5-2-6-15-37)60-57(33-40)62-52-21-10-8-17-43(52)45-31-39(23-26-54(45)62)49-19-11-18-48(59-49)38-22-25-53-44(30-38)42-16-7-9-20-51(42)61(53)41-24-27-55-46(34-41)47-35-58-29-28-56(47)63-55/h1-35H. The molecule has 0 radical (unpaired) electrons. The van der Waals surface area contributed by atoms with Crippen LogP contribution in [0.15, 0.2) is 213 Å². The van der Waals surface area contributed by atoms with Crippen LogP contribution in [0.25, 0.3) is 120 Å². The van der Waals surface area contributed by atoms with E-state index in [-0.39, 0.29) is 0 Å². The summed E-state index contributed by atoms with van der Waals surface area (Å²) >= 11 is 1.81. The van der Waals surface area contributed by atoms with Crippen molar-refractivity contribution in [2.45, 2.75) is 0 Å². The van der Waals surface area contributed by atoms with Gasteiger partial charge in [0.15, 0.2) is 0 Å². The fourth-order valence-electron chi connectivity index (χ4n) is 9.48. The van der Waals surface area contributed by atoms with Crippen molar-refractivity contribution >= 4 is 75.1 Å². The molecule has 0 bridgehead atoms. The quantitative estimate of drug-likeness (QED) is 0.168. The molecular weight excluding hydrogens is 787 g/mol. The molecule has 13 rings (SSSR count). The molecule has 63 heavy (non-hydrogen) atoms. The van der Waals surface area contributed by atoms with Gasteiger partial charge >= 0.3 is 0 Å². The van der Waals surface area contributed by atoms with Crippen LogP contribution in [0.3, 0.4) is 0 Å². The fraction of sp³-hybridized carbons (Fsp3) is 0. The minimum atomic E-state index is 0.879. The van der Waals surface area contributed by atoms with Gasteiger partial charge < -0.3 is 4.57 Å². The number of nitrogens with zero attached hydrogens (tertiary/aromatic N) is 5. The van der Waals surface area contributed by atoms with Crippen LogP contribution in [0.2, 0.25) is 0 Å². The van der Waals surface area contributed by atoms with E-state index < -0.39 is 0 Å². The summed E-state index contributed by atoms with van der Waals surface area (Å²) < 4.78 is 7.22. The van der Waals surface area contributed by atoms with Crippen molar-refractivity contribution in [3.63, 3.8) is 0 Å². The Hall–Kier alpha value is -8.19. The minimum absolute atomic E-state index is 0.879. The highest BCUT2D eigenvalue weighted by atomic mass is 32.1. The molecule has 6 aromatic heterocycles. The van der Waals surface area contributed by atoms with Crippen LogP contribution in [0.5, 0.6) is 0 Å². The highest BCUT2D eigenvalue weighted by Crippen LogP contribution is 2.40. The zero-order valence-electron chi connectivity index (χ0n) is 33.9. The SMILES string of the molecule is c1ccc(-c2cc(-c3ccccc3)nc(-n3c4ccccc4c4cc(-c5cccc(-c6ccc7c(c6)c6ccccc6n7-c6ccc7sc8ccncc8c7c6)n5)ccc43)c2)cc1. The van der Waals surface area contributed by atoms with Crippen LogP contribution in [0.4, 0.5) is 0 Å². The van der Waals surface area contributed by atoms with E-state index in [0.29, 0.717) is 0 Å². The first-order valence-electron chi connectivity index (χ1n) is 21.2. The van der Waals surface area contributed by atoms with Gasteiger partial charge in [-0.2, -0.15) is 0 Å². The number of hydrogen-bond acceptors (Lipinski definition) is 4. The molecule has 0 aliphatic rings. The summed E-state index contributed by atoms with van der Waals surface area (Å²) in [6, 6.07) is 71.5. The third kappa shape index (κ3) is 5.80. The molecule has 6 heterocycles. The average molecular weight is 822 g/mol. The summed E-state index contributed by atoms with van der Waals surface area (Å²) in [5.41, 5.74) is 14.0. The third-order valence-corrected chi connectivity index (χ3v) is 13.6. The molecule has 294 valence electrons. The number of thiophene rings is 1. The van der Waals surface area contributed by atoms with Crippen molar-refractivity contribution < 1.29 is 0 Å². The van der Waals surface area contributed by atoms with Gasteiger partial charge in [0.05, 0.1) is 39.1 Å². The molecule has 0 fully saturated rings. The maximum Gasteiger partial charge on any atom is 0.138 e. The maximum atomic E-state index is 5.33. The van der Waals surface area contributed by atoms with Crippen LogP contribution in [0.1, 0.15) is 0 Å². The van der Waals surface area contributed by atoms with Crippen molar-refractivity contribution in [1.29, 1.82) is 0 Å². The van der Waals surface area contributed by atoms with Gasteiger partial charge in [0.2, 0.25) is 0 Å². The number of para-hydroxylation sites is 2. The Kier molecular flexibility index (Phi) is 8.01. The van der Waals surface area contributed by atoms with Gasteiger partial charge in [0.1, 0.15) is 5.82 Å². The molecule has 5 nitrogen and oxygen atoms in total. The smallest absolute Gasteiger partial charge is 0.138 e. The Morgan fingerprint density at radius 1 is 0.333 bits per heavy atom. The Morgan fingerprint density at radius 3 is 1.65 bits per heavy atom. The highest BCUT2D eigenvalue weighted by molar-refractivity contribution is 7.25. The summed E-state index contributed by atoms with van der Waals surface area (Å²) in [6.07, 6.45) is 3.86. The summed E-state index contributed by atoms with van der Waals surface area (Å²) in [5, 5.41) is 7.16. The van der Waals surface area contributed by atoms with E-state index in [4.69, 9.17) is 9.97 Å². The maximum absolute atomic E-state index is 5.33. The second-order valence-electron chi connectivity index (χ2n) is 16.1. The van der Waals surface area contributed by atoms with Gasteiger partial charge in [0.25, 0.3) is 0 Å². The summed E-state index contributed by atoms with van der Waals surface area (Å²) in [6.45, 7) is 0. The lowest BCUT2D eigenvalue weighted by Crippen LogP contribution is -2.00. The number of rotatable bonds is 6. The monoisotopic (exact) mass is 821 g/mol. The lowest BCUT2D eigenvalue weighted by atomic mass is 10.0. The summed E-state index contributed by atoms with van der Waals surface area (Å²) in [7, 11) is 0. The largest absolute Gasteiger partial charge is 0.309 e. The van der Waals surface area contributed by atoms with Gasteiger partial charge in [-0.15, -0.1) is 11.3 Å². The number of hydrogen-bond donors (Lipinski definition) is 0. The number of aromatic nitrogens is 5. The second kappa shape index (κ2) is 14.2. The molecule has 0 saturated carbocycles. The van der Waals surface area contributed by atoms with Crippen molar-refractivity contribution in [3.05, 3.63) is 213 Å². The highest BCUT2D eigenvalue weighted by Gasteiger charge is 2.19. The van der Waals surface area contributed by atoms with Gasteiger partial charge in [-0.25, -0.2) is 9.97 Å². The predicted octanol–water partition coefficient (Wildman–Crippen LogP) is 15.1. The molecule has 13 aromatic rings. The first-order valence-corrected chi connectivity index (χ1v) is 22.0. The van der Waals surface area contributed by atoms with Crippen molar-refractivity contribution in [3.8, 4) is 56.4 Å². The van der Waals surface area contributed by atoms with Gasteiger partial charge in [-0.05, 0) is 96.1 Å². The first kappa shape index (κ1) is 35.6. The molecular formula is C57H35N5S. The van der Waals surface area contributed by atoms with Gasteiger partial charge in [-0.1, -0.05) is 115 Å². The molecule has 0 aliphatic heterocycles. The molecule has 0 spiro atoms. The van der Waals surface area contributed by atoms with E-state index in [2.05, 4.69) is 208 Å². The molecule has 0 atom stereocenters. The lowest BCUT2D eigenvalue weighted by Gasteiger charge is -2.13. The molecule has 0 aliphatic carbocycles. The van der Waals surface area contributed by atoms with Crippen LogP contribution >= 0.6 is 11.3 Å².